The van der Waals surface area contributed by atoms with Crippen LogP contribution in [0.3, 0.4) is 0 Å². The van der Waals surface area contributed by atoms with Crippen molar-refractivity contribution >= 4 is 0 Å². The largest absolute Gasteiger partial charge is 0.493 e. The van der Waals surface area contributed by atoms with Crippen molar-refractivity contribution in [2.75, 3.05) is 14.2 Å². The fourth-order valence-electron chi connectivity index (χ4n) is 2.61. The molecule has 2 heterocycles. The Morgan fingerprint density at radius 1 is 1.27 bits per heavy atom. The average molecular weight is 301 g/mol. The highest BCUT2D eigenvalue weighted by Gasteiger charge is 2.21. The van der Waals surface area contributed by atoms with Gasteiger partial charge in [-0.25, -0.2) is 4.98 Å². The molecule has 0 bridgehead atoms. The number of hydrogen-bond donors (Lipinski definition) is 0. The zero-order chi connectivity index (χ0) is 15.5. The molecule has 0 atom stereocenters. The third-order valence-corrected chi connectivity index (χ3v) is 4.11. The lowest BCUT2D eigenvalue weighted by atomic mass is 9.83. The maximum atomic E-state index is 12.3. The Hall–Kier alpha value is -2.37. The summed E-state index contributed by atoms with van der Waals surface area (Å²) in [4.78, 5) is 21.0. The molecular weight excluding hydrogens is 282 g/mol. The van der Waals surface area contributed by atoms with E-state index in [1.807, 2.05) is 0 Å². The number of aromatic nitrogens is 3. The smallest absolute Gasteiger partial charge is 0.253 e. The van der Waals surface area contributed by atoms with Crippen LogP contribution in [0.1, 0.15) is 36.6 Å². The Kier molecular flexibility index (Phi) is 4.09. The first-order valence-electron chi connectivity index (χ1n) is 7.35. The van der Waals surface area contributed by atoms with E-state index in [9.17, 15) is 4.79 Å². The molecule has 6 nitrogen and oxygen atoms in total. The van der Waals surface area contributed by atoms with Gasteiger partial charge in [-0.15, -0.1) is 0 Å². The van der Waals surface area contributed by atoms with Crippen LogP contribution in [0.2, 0.25) is 0 Å². The fourth-order valence-corrected chi connectivity index (χ4v) is 2.61. The van der Waals surface area contributed by atoms with Crippen LogP contribution in [-0.2, 0) is 6.54 Å². The summed E-state index contributed by atoms with van der Waals surface area (Å²) in [6.45, 7) is 0.303. The number of pyridine rings is 1. The van der Waals surface area contributed by atoms with Gasteiger partial charge in [-0.3, -0.25) is 14.3 Å². The highest BCUT2D eigenvalue weighted by molar-refractivity contribution is 5.42. The molecule has 0 amide bonds. The molecule has 2 aromatic heterocycles. The Bertz CT molecular complexity index is 723. The van der Waals surface area contributed by atoms with Crippen LogP contribution in [-0.4, -0.2) is 28.8 Å². The van der Waals surface area contributed by atoms with Gasteiger partial charge >= 0.3 is 0 Å². The SMILES string of the molecule is COc1ccnc(Cn2cnc(C3CCC3)cc2=O)c1OC. The molecule has 1 saturated carbocycles. The second-order valence-electron chi connectivity index (χ2n) is 5.40. The van der Waals surface area contributed by atoms with Gasteiger partial charge in [0.2, 0.25) is 0 Å². The lowest BCUT2D eigenvalue weighted by Crippen LogP contribution is -2.24. The van der Waals surface area contributed by atoms with Crippen molar-refractivity contribution in [3.05, 3.63) is 46.4 Å². The van der Waals surface area contributed by atoms with Crippen LogP contribution in [0.25, 0.3) is 0 Å². The first-order valence-corrected chi connectivity index (χ1v) is 7.35. The van der Waals surface area contributed by atoms with E-state index in [1.54, 1.807) is 38.9 Å². The van der Waals surface area contributed by atoms with Gasteiger partial charge in [-0.1, -0.05) is 6.42 Å². The lowest BCUT2D eigenvalue weighted by molar-refractivity contribution is 0.348. The Balaban J connectivity index is 1.88. The highest BCUT2D eigenvalue weighted by atomic mass is 16.5. The molecule has 0 spiro atoms. The average Bonchev–Trinajstić information content (AvgIpc) is 2.48. The minimum atomic E-state index is -0.0661. The molecule has 0 N–H and O–H groups in total. The van der Waals surface area contributed by atoms with Gasteiger partial charge in [-0.2, -0.15) is 0 Å². The van der Waals surface area contributed by atoms with Gasteiger partial charge in [0.25, 0.3) is 5.56 Å². The molecule has 0 saturated heterocycles. The first-order chi connectivity index (χ1) is 10.7. The van der Waals surface area contributed by atoms with Crippen LogP contribution < -0.4 is 15.0 Å². The maximum absolute atomic E-state index is 12.3. The molecule has 1 aliphatic rings. The molecule has 0 aliphatic heterocycles. The third-order valence-electron chi connectivity index (χ3n) is 4.11. The van der Waals surface area contributed by atoms with Crippen molar-refractivity contribution in [2.24, 2.45) is 0 Å². The van der Waals surface area contributed by atoms with E-state index < -0.39 is 0 Å². The van der Waals surface area contributed by atoms with Crippen LogP contribution in [0.4, 0.5) is 0 Å². The standard InChI is InChI=1S/C16H19N3O3/c1-21-14-6-7-17-13(16(14)22-2)9-19-10-18-12(8-15(19)20)11-4-3-5-11/h6-8,10-11H,3-5,9H2,1-2H3. The van der Waals surface area contributed by atoms with Crippen molar-refractivity contribution in [1.82, 2.24) is 14.5 Å². The Morgan fingerprint density at radius 2 is 2.09 bits per heavy atom. The number of hydrogen-bond acceptors (Lipinski definition) is 5. The second kappa shape index (κ2) is 6.17. The van der Waals surface area contributed by atoms with Gasteiger partial charge in [0, 0.05) is 24.2 Å². The van der Waals surface area contributed by atoms with Crippen molar-refractivity contribution in [2.45, 2.75) is 31.7 Å². The van der Waals surface area contributed by atoms with E-state index in [0.717, 1.165) is 18.5 Å². The first kappa shape index (κ1) is 14.6. The molecule has 6 heteroatoms. The highest BCUT2D eigenvalue weighted by Crippen LogP contribution is 2.34. The molecule has 2 aromatic rings. The molecule has 1 fully saturated rings. The fraction of sp³-hybridized carbons (Fsp3) is 0.438. The summed E-state index contributed by atoms with van der Waals surface area (Å²) in [5, 5.41) is 0. The van der Waals surface area contributed by atoms with Gasteiger partial charge in [0.15, 0.2) is 11.5 Å². The summed E-state index contributed by atoms with van der Waals surface area (Å²) in [6.07, 6.45) is 6.71. The monoisotopic (exact) mass is 301 g/mol. The lowest BCUT2D eigenvalue weighted by Gasteiger charge is -2.24. The predicted molar refractivity (Wildman–Crippen MR) is 81.5 cm³/mol. The maximum Gasteiger partial charge on any atom is 0.253 e. The van der Waals surface area contributed by atoms with E-state index in [0.29, 0.717) is 29.7 Å². The Labute approximate surface area is 128 Å². The van der Waals surface area contributed by atoms with Crippen molar-refractivity contribution < 1.29 is 9.47 Å². The topological polar surface area (TPSA) is 66.2 Å². The number of rotatable bonds is 5. The summed E-state index contributed by atoms with van der Waals surface area (Å²) >= 11 is 0. The van der Waals surface area contributed by atoms with Crippen molar-refractivity contribution in [1.29, 1.82) is 0 Å². The molecule has 1 aliphatic carbocycles. The minimum Gasteiger partial charge on any atom is -0.493 e. The van der Waals surface area contributed by atoms with Gasteiger partial charge < -0.3 is 9.47 Å². The van der Waals surface area contributed by atoms with Crippen molar-refractivity contribution in [3.8, 4) is 11.5 Å². The van der Waals surface area contributed by atoms with Crippen molar-refractivity contribution in [3.63, 3.8) is 0 Å². The summed E-state index contributed by atoms with van der Waals surface area (Å²) in [5.74, 6) is 1.59. The number of nitrogens with zero attached hydrogens (tertiary/aromatic N) is 3. The summed E-state index contributed by atoms with van der Waals surface area (Å²) in [5.41, 5.74) is 1.48. The van der Waals surface area contributed by atoms with E-state index in [2.05, 4.69) is 9.97 Å². The molecule has 22 heavy (non-hydrogen) atoms. The molecule has 0 radical (unpaired) electrons. The molecule has 0 aromatic carbocycles. The summed E-state index contributed by atoms with van der Waals surface area (Å²) in [6, 6.07) is 3.36. The Morgan fingerprint density at radius 3 is 2.68 bits per heavy atom. The zero-order valence-corrected chi connectivity index (χ0v) is 12.8. The van der Waals surface area contributed by atoms with E-state index in [1.165, 1.54) is 11.0 Å². The van der Waals surface area contributed by atoms with Gasteiger partial charge in [0.05, 0.1) is 32.8 Å². The van der Waals surface area contributed by atoms with Gasteiger partial charge in [-0.05, 0) is 12.8 Å². The molecule has 3 rings (SSSR count). The van der Waals surface area contributed by atoms with Crippen LogP contribution in [0.5, 0.6) is 11.5 Å². The van der Waals surface area contributed by atoms with Gasteiger partial charge in [0.1, 0.15) is 5.69 Å². The normalized spacial score (nSPS) is 14.5. The predicted octanol–water partition coefficient (Wildman–Crippen LogP) is 1.97. The molecular formula is C16H19N3O3. The summed E-state index contributed by atoms with van der Waals surface area (Å²) in [7, 11) is 3.13. The number of methoxy groups -OCH3 is 2. The van der Waals surface area contributed by atoms with Crippen LogP contribution in [0, 0.1) is 0 Å². The molecule has 0 unspecified atom stereocenters. The zero-order valence-electron chi connectivity index (χ0n) is 12.8. The molecule has 116 valence electrons. The van der Waals surface area contributed by atoms with E-state index >= 15 is 0 Å². The third kappa shape index (κ3) is 2.68. The second-order valence-corrected chi connectivity index (χ2v) is 5.40. The number of ether oxygens (including phenoxy) is 2. The van der Waals surface area contributed by atoms with Crippen LogP contribution >= 0.6 is 0 Å². The summed E-state index contributed by atoms with van der Waals surface area (Å²) < 4.78 is 12.1. The van der Waals surface area contributed by atoms with Crippen LogP contribution in [0.15, 0.2) is 29.5 Å². The quantitative estimate of drug-likeness (QED) is 0.844. The minimum absolute atomic E-state index is 0.0661. The van der Waals surface area contributed by atoms with E-state index in [4.69, 9.17) is 9.47 Å². The van der Waals surface area contributed by atoms with E-state index in [-0.39, 0.29) is 5.56 Å².